The Morgan fingerprint density at radius 1 is 1.15 bits per heavy atom. The van der Waals surface area contributed by atoms with Gasteiger partial charge in [0.15, 0.2) is 0 Å². The Hall–Kier alpha value is -0.0800. The molecule has 4 atom stereocenters. The Morgan fingerprint density at radius 2 is 1.77 bits per heavy atom. The summed E-state index contributed by atoms with van der Waals surface area (Å²) in [7, 11) is 0. The topological polar surface area (TPSA) is 18.5 Å². The molecule has 2 rings (SSSR count). The number of hydrogen-bond acceptors (Lipinski definition) is 2. The van der Waals surface area contributed by atoms with E-state index in [4.69, 9.17) is 9.47 Å². The molecule has 2 fully saturated rings. The van der Waals surface area contributed by atoms with Gasteiger partial charge in [-0.3, -0.25) is 0 Å². The third kappa shape index (κ3) is 0.909. The van der Waals surface area contributed by atoms with Crippen LogP contribution in [0, 0.1) is 11.8 Å². The maximum atomic E-state index is 6.02. The third-order valence-electron chi connectivity index (χ3n) is 4.33. The largest absolute Gasteiger partial charge is 0.372 e. The van der Waals surface area contributed by atoms with Crippen molar-refractivity contribution in [1.29, 1.82) is 0 Å². The highest BCUT2D eigenvalue weighted by Gasteiger charge is 2.63. The quantitative estimate of drug-likeness (QED) is 0.622. The van der Waals surface area contributed by atoms with E-state index >= 15 is 0 Å². The van der Waals surface area contributed by atoms with Gasteiger partial charge in [-0.2, -0.15) is 0 Å². The lowest BCUT2D eigenvalue weighted by molar-refractivity contribution is -0.0948. The van der Waals surface area contributed by atoms with Gasteiger partial charge in [0.25, 0.3) is 0 Å². The second kappa shape index (κ2) is 2.71. The minimum absolute atomic E-state index is 0.00752. The first kappa shape index (κ1) is 9.47. The van der Waals surface area contributed by atoms with Gasteiger partial charge in [-0.25, -0.2) is 0 Å². The van der Waals surface area contributed by atoms with Crippen molar-refractivity contribution < 1.29 is 9.47 Å². The molecular formula is C11H20O2. The average Bonchev–Trinajstić information content (AvgIpc) is 2.52. The first-order valence-electron chi connectivity index (χ1n) is 5.34. The lowest BCUT2D eigenvalue weighted by Crippen LogP contribution is -2.50. The molecule has 0 aromatic rings. The molecule has 2 nitrogen and oxygen atoms in total. The van der Waals surface area contributed by atoms with E-state index in [-0.39, 0.29) is 11.2 Å². The summed E-state index contributed by atoms with van der Waals surface area (Å²) in [4.78, 5) is 0. The number of rotatable bonds is 1. The molecule has 0 spiro atoms. The summed E-state index contributed by atoms with van der Waals surface area (Å²) in [5, 5.41) is 0. The Morgan fingerprint density at radius 3 is 2.31 bits per heavy atom. The number of fused-ring (bicyclic) bond motifs is 1. The minimum atomic E-state index is -0.0405. The van der Waals surface area contributed by atoms with Gasteiger partial charge in [0, 0.05) is 11.8 Å². The van der Waals surface area contributed by atoms with Crippen LogP contribution >= 0.6 is 0 Å². The van der Waals surface area contributed by atoms with Crippen LogP contribution in [-0.4, -0.2) is 24.4 Å². The van der Waals surface area contributed by atoms with E-state index in [1.807, 2.05) is 0 Å². The summed E-state index contributed by atoms with van der Waals surface area (Å²) in [6.45, 7) is 10.6. The Labute approximate surface area is 80.6 Å². The Bertz CT molecular complexity index is 216. The first-order valence-corrected chi connectivity index (χ1v) is 5.34. The van der Waals surface area contributed by atoms with E-state index in [2.05, 4.69) is 27.7 Å². The molecule has 0 aliphatic carbocycles. The second-order valence-electron chi connectivity index (χ2n) is 4.77. The molecule has 0 bridgehead atoms. The van der Waals surface area contributed by atoms with Crippen LogP contribution in [0.15, 0.2) is 0 Å². The molecular weight excluding hydrogens is 164 g/mol. The van der Waals surface area contributed by atoms with Crippen LogP contribution in [0.4, 0.5) is 0 Å². The van der Waals surface area contributed by atoms with E-state index in [1.54, 1.807) is 0 Å². The van der Waals surface area contributed by atoms with Crippen molar-refractivity contribution >= 4 is 0 Å². The fourth-order valence-corrected chi connectivity index (χ4v) is 3.12. The van der Waals surface area contributed by atoms with E-state index < -0.39 is 0 Å². The van der Waals surface area contributed by atoms with Crippen LogP contribution in [-0.2, 0) is 9.47 Å². The monoisotopic (exact) mass is 184 g/mol. The molecule has 0 amide bonds. The SMILES string of the molecule is CCC12OCC(C)C1(C)OCC2C. The van der Waals surface area contributed by atoms with E-state index in [9.17, 15) is 0 Å². The highest BCUT2D eigenvalue weighted by atomic mass is 16.6. The zero-order chi connectivity index (χ0) is 9.69. The predicted molar refractivity (Wildman–Crippen MR) is 51.7 cm³/mol. The molecule has 0 N–H and O–H groups in total. The van der Waals surface area contributed by atoms with Gasteiger partial charge < -0.3 is 9.47 Å². The molecule has 0 saturated carbocycles. The zero-order valence-electron chi connectivity index (χ0n) is 9.09. The molecule has 2 saturated heterocycles. The van der Waals surface area contributed by atoms with Crippen molar-refractivity contribution in [2.75, 3.05) is 13.2 Å². The van der Waals surface area contributed by atoms with E-state index in [1.165, 1.54) is 0 Å². The van der Waals surface area contributed by atoms with Gasteiger partial charge in [0.2, 0.25) is 0 Å². The lowest BCUT2D eigenvalue weighted by Gasteiger charge is -2.38. The van der Waals surface area contributed by atoms with Gasteiger partial charge >= 0.3 is 0 Å². The smallest absolute Gasteiger partial charge is 0.102 e. The van der Waals surface area contributed by atoms with Crippen molar-refractivity contribution in [3.05, 3.63) is 0 Å². The van der Waals surface area contributed by atoms with E-state index in [0.29, 0.717) is 11.8 Å². The van der Waals surface area contributed by atoms with Crippen LogP contribution in [0.2, 0.25) is 0 Å². The maximum Gasteiger partial charge on any atom is 0.102 e. The van der Waals surface area contributed by atoms with Crippen LogP contribution < -0.4 is 0 Å². The van der Waals surface area contributed by atoms with Gasteiger partial charge in [0.1, 0.15) is 5.60 Å². The second-order valence-corrected chi connectivity index (χ2v) is 4.77. The van der Waals surface area contributed by atoms with Gasteiger partial charge in [-0.1, -0.05) is 20.8 Å². The van der Waals surface area contributed by atoms with Crippen molar-refractivity contribution in [3.63, 3.8) is 0 Å². The van der Waals surface area contributed by atoms with Crippen molar-refractivity contribution in [3.8, 4) is 0 Å². The fraction of sp³-hybridized carbons (Fsp3) is 1.00. The molecule has 0 radical (unpaired) electrons. The molecule has 2 heteroatoms. The van der Waals surface area contributed by atoms with Crippen molar-refractivity contribution in [2.24, 2.45) is 11.8 Å². The predicted octanol–water partition coefficient (Wildman–Crippen LogP) is 2.23. The maximum absolute atomic E-state index is 6.02. The van der Waals surface area contributed by atoms with E-state index in [0.717, 1.165) is 19.6 Å². The third-order valence-corrected chi connectivity index (χ3v) is 4.33. The summed E-state index contributed by atoms with van der Waals surface area (Å²) >= 11 is 0. The molecule has 2 aliphatic rings. The van der Waals surface area contributed by atoms with Crippen LogP contribution in [0.5, 0.6) is 0 Å². The summed E-state index contributed by atoms with van der Waals surface area (Å²) in [6, 6.07) is 0. The summed E-state index contributed by atoms with van der Waals surface area (Å²) in [6.07, 6.45) is 1.06. The van der Waals surface area contributed by atoms with Crippen LogP contribution in [0.1, 0.15) is 34.1 Å². The molecule has 0 aromatic heterocycles. The molecule has 13 heavy (non-hydrogen) atoms. The molecule has 2 heterocycles. The zero-order valence-corrected chi connectivity index (χ0v) is 9.09. The van der Waals surface area contributed by atoms with Gasteiger partial charge in [-0.05, 0) is 13.3 Å². The number of ether oxygens (including phenoxy) is 2. The van der Waals surface area contributed by atoms with Gasteiger partial charge in [-0.15, -0.1) is 0 Å². The Kier molecular flexibility index (Phi) is 1.97. The highest BCUT2D eigenvalue weighted by Crippen LogP contribution is 2.53. The van der Waals surface area contributed by atoms with Gasteiger partial charge in [0.05, 0.1) is 18.8 Å². The molecule has 76 valence electrons. The molecule has 4 unspecified atom stereocenters. The molecule has 2 aliphatic heterocycles. The standard InChI is InChI=1S/C11H20O2/c1-5-11-9(3)7-12-10(11,4)8(2)6-13-11/h8-9H,5-7H2,1-4H3. The summed E-state index contributed by atoms with van der Waals surface area (Å²) in [5.41, 5.74) is -0.0480. The summed E-state index contributed by atoms with van der Waals surface area (Å²) in [5.74, 6) is 1.06. The lowest BCUT2D eigenvalue weighted by atomic mass is 9.73. The van der Waals surface area contributed by atoms with Crippen LogP contribution in [0.3, 0.4) is 0 Å². The molecule has 0 aromatic carbocycles. The minimum Gasteiger partial charge on any atom is -0.372 e. The first-order chi connectivity index (χ1) is 6.07. The van der Waals surface area contributed by atoms with Crippen LogP contribution in [0.25, 0.3) is 0 Å². The number of hydrogen-bond donors (Lipinski definition) is 0. The highest BCUT2D eigenvalue weighted by molar-refractivity contribution is 5.12. The van der Waals surface area contributed by atoms with Crippen molar-refractivity contribution in [1.82, 2.24) is 0 Å². The fourth-order valence-electron chi connectivity index (χ4n) is 3.12. The normalized spacial score (nSPS) is 55.4. The van der Waals surface area contributed by atoms with Crippen molar-refractivity contribution in [2.45, 2.75) is 45.3 Å². The average molecular weight is 184 g/mol. The summed E-state index contributed by atoms with van der Waals surface area (Å²) < 4.78 is 12.0. The Balaban J connectivity index is 2.38.